The van der Waals surface area contributed by atoms with Crippen LogP contribution in [0.5, 0.6) is 0 Å². The van der Waals surface area contributed by atoms with E-state index in [1.807, 2.05) is 12.2 Å². The lowest BCUT2D eigenvalue weighted by molar-refractivity contribution is 0.762. The molecule has 0 aromatic carbocycles. The minimum absolute atomic E-state index is 0.855. The smallest absolute Gasteiger partial charge is 0.0814 e. The van der Waals surface area contributed by atoms with Crippen molar-refractivity contribution in [1.82, 2.24) is 19.1 Å². The Morgan fingerprint density at radius 2 is 1.21 bits per heavy atom. The summed E-state index contributed by atoms with van der Waals surface area (Å²) in [7, 11) is 0. The summed E-state index contributed by atoms with van der Waals surface area (Å²) in [5.41, 5.74) is 4.05. The second-order valence-electron chi connectivity index (χ2n) is 5.47. The molecule has 4 heteroatoms. The Morgan fingerprint density at radius 3 is 1.58 bits per heavy atom. The Morgan fingerprint density at radius 1 is 0.750 bits per heavy atom. The summed E-state index contributed by atoms with van der Waals surface area (Å²) >= 11 is 0. The highest BCUT2D eigenvalue weighted by Crippen LogP contribution is 2.10. The Labute approximate surface area is 142 Å². The minimum atomic E-state index is 0.855. The molecule has 0 atom stereocenters. The lowest BCUT2D eigenvalue weighted by atomic mass is 10.3. The highest BCUT2D eigenvalue weighted by atomic mass is 15.0. The van der Waals surface area contributed by atoms with Crippen LogP contribution in [0, 0.1) is 0 Å². The SMILES string of the molecule is CCn1cccc1/C=C/c1cnc(/C=C/c2cccn2CC)cn1. The number of aryl methyl sites for hydroxylation is 2. The number of hydrogen-bond donors (Lipinski definition) is 0. The molecule has 3 aromatic rings. The molecular formula is C20H22N4. The summed E-state index contributed by atoms with van der Waals surface area (Å²) in [6, 6.07) is 8.28. The maximum absolute atomic E-state index is 4.46. The Bertz CT molecular complexity index is 763. The first kappa shape index (κ1) is 16.0. The molecule has 0 saturated heterocycles. The number of hydrogen-bond acceptors (Lipinski definition) is 2. The lowest BCUT2D eigenvalue weighted by Gasteiger charge is -2.01. The molecule has 0 aliphatic heterocycles. The van der Waals surface area contributed by atoms with E-state index < -0.39 is 0 Å². The van der Waals surface area contributed by atoms with E-state index >= 15 is 0 Å². The fourth-order valence-corrected chi connectivity index (χ4v) is 2.59. The first-order chi connectivity index (χ1) is 11.8. The topological polar surface area (TPSA) is 35.6 Å². The normalized spacial score (nSPS) is 11.8. The van der Waals surface area contributed by atoms with Crippen molar-refractivity contribution in [3.05, 3.63) is 71.8 Å². The fraction of sp³-hybridized carbons (Fsp3) is 0.200. The molecule has 0 unspecified atom stereocenters. The van der Waals surface area contributed by atoms with Gasteiger partial charge in [-0.2, -0.15) is 0 Å². The van der Waals surface area contributed by atoms with Crippen molar-refractivity contribution in [2.75, 3.05) is 0 Å². The van der Waals surface area contributed by atoms with Crippen LogP contribution in [0.25, 0.3) is 24.3 Å². The van der Waals surface area contributed by atoms with Crippen molar-refractivity contribution in [3.63, 3.8) is 0 Å². The van der Waals surface area contributed by atoms with Crippen LogP contribution in [-0.4, -0.2) is 19.1 Å². The predicted octanol–water partition coefficient (Wildman–Crippen LogP) is 4.46. The molecule has 0 fully saturated rings. The lowest BCUT2D eigenvalue weighted by Crippen LogP contribution is -1.94. The monoisotopic (exact) mass is 318 g/mol. The zero-order valence-corrected chi connectivity index (χ0v) is 14.1. The van der Waals surface area contributed by atoms with Crippen LogP contribution in [0.1, 0.15) is 36.6 Å². The third-order valence-corrected chi connectivity index (χ3v) is 3.95. The van der Waals surface area contributed by atoms with Gasteiger partial charge in [0.1, 0.15) is 0 Å². The quantitative estimate of drug-likeness (QED) is 0.672. The van der Waals surface area contributed by atoms with Crippen molar-refractivity contribution in [2.24, 2.45) is 0 Å². The van der Waals surface area contributed by atoms with Crippen LogP contribution in [0.3, 0.4) is 0 Å². The molecule has 3 aromatic heterocycles. The average molecular weight is 318 g/mol. The molecular weight excluding hydrogens is 296 g/mol. The van der Waals surface area contributed by atoms with Gasteiger partial charge in [-0.1, -0.05) is 0 Å². The molecule has 0 N–H and O–H groups in total. The highest BCUT2D eigenvalue weighted by molar-refractivity contribution is 5.68. The standard InChI is InChI=1S/C20H22N4/c1-3-23-13-5-7-19(23)11-9-17-15-22-18(16-21-17)10-12-20-8-6-14-24(20)4-2/h5-16H,3-4H2,1-2H3/b11-9+,12-10+. The number of rotatable bonds is 6. The second kappa shape index (κ2) is 7.59. The van der Waals surface area contributed by atoms with Gasteiger partial charge < -0.3 is 9.13 Å². The van der Waals surface area contributed by atoms with E-state index in [2.05, 4.69) is 81.8 Å². The van der Waals surface area contributed by atoms with Crippen molar-refractivity contribution >= 4 is 24.3 Å². The van der Waals surface area contributed by atoms with E-state index in [4.69, 9.17) is 0 Å². The molecule has 0 spiro atoms. The van der Waals surface area contributed by atoms with Gasteiger partial charge in [0, 0.05) is 36.9 Å². The third kappa shape index (κ3) is 3.71. The maximum Gasteiger partial charge on any atom is 0.0814 e. The number of aromatic nitrogens is 4. The largest absolute Gasteiger partial charge is 0.348 e. The first-order valence-corrected chi connectivity index (χ1v) is 8.28. The number of nitrogens with zero attached hydrogens (tertiary/aromatic N) is 4. The van der Waals surface area contributed by atoms with Gasteiger partial charge in [-0.15, -0.1) is 0 Å². The van der Waals surface area contributed by atoms with Gasteiger partial charge in [0.25, 0.3) is 0 Å². The predicted molar refractivity (Wildman–Crippen MR) is 100 cm³/mol. The van der Waals surface area contributed by atoms with Gasteiger partial charge in [0.05, 0.1) is 23.8 Å². The molecule has 0 aliphatic rings. The highest BCUT2D eigenvalue weighted by Gasteiger charge is 1.97. The van der Waals surface area contributed by atoms with Crippen LogP contribution in [-0.2, 0) is 13.1 Å². The van der Waals surface area contributed by atoms with Crippen LogP contribution < -0.4 is 0 Å². The summed E-state index contributed by atoms with van der Waals surface area (Å²) in [5, 5.41) is 0. The van der Waals surface area contributed by atoms with Gasteiger partial charge in [-0.05, 0) is 62.4 Å². The molecule has 0 aliphatic carbocycles. The van der Waals surface area contributed by atoms with Crippen molar-refractivity contribution in [2.45, 2.75) is 26.9 Å². The summed E-state index contributed by atoms with van der Waals surface area (Å²) in [4.78, 5) is 8.92. The molecule has 0 saturated carbocycles. The Balaban J connectivity index is 1.69. The van der Waals surface area contributed by atoms with Gasteiger partial charge >= 0.3 is 0 Å². The van der Waals surface area contributed by atoms with Gasteiger partial charge in [-0.3, -0.25) is 9.97 Å². The molecule has 4 nitrogen and oxygen atoms in total. The Hall–Kier alpha value is -2.88. The molecule has 0 amide bonds. The van der Waals surface area contributed by atoms with Crippen LogP contribution in [0.4, 0.5) is 0 Å². The zero-order valence-electron chi connectivity index (χ0n) is 14.1. The van der Waals surface area contributed by atoms with Crippen LogP contribution in [0.2, 0.25) is 0 Å². The summed E-state index contributed by atoms with van der Waals surface area (Å²) < 4.78 is 4.37. The van der Waals surface area contributed by atoms with E-state index in [0.717, 1.165) is 24.5 Å². The molecule has 122 valence electrons. The fourth-order valence-electron chi connectivity index (χ4n) is 2.59. The molecule has 3 rings (SSSR count). The third-order valence-electron chi connectivity index (χ3n) is 3.95. The summed E-state index contributed by atoms with van der Waals surface area (Å²) in [6.45, 7) is 6.18. The summed E-state index contributed by atoms with van der Waals surface area (Å²) in [6.07, 6.45) is 15.9. The van der Waals surface area contributed by atoms with E-state index in [-0.39, 0.29) is 0 Å². The van der Waals surface area contributed by atoms with Crippen molar-refractivity contribution in [3.8, 4) is 0 Å². The van der Waals surface area contributed by atoms with Gasteiger partial charge in [-0.25, -0.2) is 0 Å². The van der Waals surface area contributed by atoms with Gasteiger partial charge in [0.15, 0.2) is 0 Å². The van der Waals surface area contributed by atoms with E-state index in [9.17, 15) is 0 Å². The van der Waals surface area contributed by atoms with Gasteiger partial charge in [0.2, 0.25) is 0 Å². The molecule has 3 heterocycles. The van der Waals surface area contributed by atoms with Crippen molar-refractivity contribution < 1.29 is 0 Å². The zero-order chi connectivity index (χ0) is 16.8. The molecule has 24 heavy (non-hydrogen) atoms. The molecule has 0 bridgehead atoms. The van der Waals surface area contributed by atoms with E-state index in [1.54, 1.807) is 12.4 Å². The maximum atomic E-state index is 4.46. The van der Waals surface area contributed by atoms with Crippen LogP contribution in [0.15, 0.2) is 49.1 Å². The Kier molecular flexibility index (Phi) is 5.06. The second-order valence-corrected chi connectivity index (χ2v) is 5.47. The summed E-state index contributed by atoms with van der Waals surface area (Å²) in [5.74, 6) is 0. The van der Waals surface area contributed by atoms with E-state index in [0.29, 0.717) is 0 Å². The minimum Gasteiger partial charge on any atom is -0.348 e. The van der Waals surface area contributed by atoms with Crippen LogP contribution >= 0.6 is 0 Å². The first-order valence-electron chi connectivity index (χ1n) is 8.28. The molecule has 0 radical (unpaired) electrons. The average Bonchev–Trinajstić information content (AvgIpc) is 3.27. The van der Waals surface area contributed by atoms with Crippen molar-refractivity contribution in [1.29, 1.82) is 0 Å². The van der Waals surface area contributed by atoms with E-state index in [1.165, 1.54) is 11.4 Å².